The highest BCUT2D eigenvalue weighted by Gasteiger charge is 2.17. The third-order valence-electron chi connectivity index (χ3n) is 4.38. The summed E-state index contributed by atoms with van der Waals surface area (Å²) in [7, 11) is -1.80. The minimum atomic E-state index is -3.40. The zero-order valence-corrected chi connectivity index (χ0v) is 17.8. The first-order valence-electron chi connectivity index (χ1n) is 9.83. The Labute approximate surface area is 172 Å². The molecule has 1 aliphatic rings. The Bertz CT molecular complexity index is 754. The first-order valence-corrected chi connectivity index (χ1v) is 11.5. The van der Waals surface area contributed by atoms with Crippen LogP contribution in [0.2, 0.25) is 0 Å². The van der Waals surface area contributed by atoms with Crippen LogP contribution in [0.4, 0.5) is 4.39 Å². The Morgan fingerprint density at radius 3 is 2.90 bits per heavy atom. The van der Waals surface area contributed by atoms with Crippen LogP contribution < -0.4 is 20.1 Å². The van der Waals surface area contributed by atoms with Gasteiger partial charge < -0.3 is 20.1 Å². The van der Waals surface area contributed by atoms with Crippen molar-refractivity contribution < 1.29 is 22.3 Å². The van der Waals surface area contributed by atoms with Crippen LogP contribution in [-0.2, 0) is 14.8 Å². The summed E-state index contributed by atoms with van der Waals surface area (Å²) in [5, 5.41) is 6.02. The molecule has 1 saturated heterocycles. The maximum atomic E-state index is 13.2. The predicted molar refractivity (Wildman–Crippen MR) is 111 cm³/mol. The van der Waals surface area contributed by atoms with Gasteiger partial charge >= 0.3 is 0 Å². The van der Waals surface area contributed by atoms with Gasteiger partial charge in [-0.2, -0.15) is 0 Å². The summed E-state index contributed by atoms with van der Waals surface area (Å²) in [6.45, 7) is 3.47. The number of benzene rings is 1. The van der Waals surface area contributed by atoms with Gasteiger partial charge in [-0.25, -0.2) is 17.5 Å². The smallest absolute Gasteiger partial charge is 0.213 e. The van der Waals surface area contributed by atoms with Gasteiger partial charge in [0, 0.05) is 32.8 Å². The summed E-state index contributed by atoms with van der Waals surface area (Å²) < 4.78 is 51.2. The van der Waals surface area contributed by atoms with E-state index in [4.69, 9.17) is 9.47 Å². The van der Waals surface area contributed by atoms with Crippen molar-refractivity contribution in [3.05, 3.63) is 30.1 Å². The molecule has 10 heteroatoms. The zero-order chi connectivity index (χ0) is 21.1. The molecule has 2 rings (SSSR count). The van der Waals surface area contributed by atoms with Gasteiger partial charge in [-0.3, -0.25) is 4.99 Å². The Kier molecular flexibility index (Phi) is 9.62. The minimum Gasteiger partial charge on any atom is -0.489 e. The lowest BCUT2D eigenvalue weighted by Crippen LogP contribution is -2.44. The van der Waals surface area contributed by atoms with Crippen molar-refractivity contribution in [2.45, 2.75) is 38.4 Å². The molecule has 0 amide bonds. The van der Waals surface area contributed by atoms with Gasteiger partial charge in [0.2, 0.25) is 10.0 Å². The lowest BCUT2D eigenvalue weighted by Gasteiger charge is -2.22. The summed E-state index contributed by atoms with van der Waals surface area (Å²) in [5.74, 6) is 0.479. The number of halogens is 1. The molecule has 0 bridgehead atoms. The number of guanidine groups is 1. The number of sulfonamides is 1. The number of hydrogen-bond acceptors (Lipinski definition) is 5. The van der Waals surface area contributed by atoms with Crippen molar-refractivity contribution >= 4 is 16.0 Å². The molecule has 3 N–H and O–H groups in total. The van der Waals surface area contributed by atoms with Crippen LogP contribution in [0.5, 0.6) is 5.75 Å². The van der Waals surface area contributed by atoms with Crippen LogP contribution in [0.25, 0.3) is 0 Å². The average Bonchev–Trinajstić information content (AvgIpc) is 2.70. The third-order valence-corrected chi connectivity index (χ3v) is 5.73. The van der Waals surface area contributed by atoms with E-state index in [1.165, 1.54) is 12.1 Å². The SMILES string of the molecule is CN=C(NCCS(=O)(=O)NCC1CCCCO1)NCC(C)Oc1cccc(F)c1. The van der Waals surface area contributed by atoms with Gasteiger partial charge in [-0.05, 0) is 38.3 Å². The van der Waals surface area contributed by atoms with Crippen molar-refractivity contribution in [1.82, 2.24) is 15.4 Å². The molecule has 1 aromatic carbocycles. The summed E-state index contributed by atoms with van der Waals surface area (Å²) in [5.41, 5.74) is 0. The second-order valence-electron chi connectivity index (χ2n) is 6.92. The lowest BCUT2D eigenvalue weighted by molar-refractivity contribution is 0.0200. The normalized spacial score (nSPS) is 18.9. The van der Waals surface area contributed by atoms with Crippen molar-refractivity contribution in [2.75, 3.05) is 39.0 Å². The van der Waals surface area contributed by atoms with E-state index in [-0.39, 0.29) is 30.3 Å². The molecule has 8 nitrogen and oxygen atoms in total. The lowest BCUT2D eigenvalue weighted by atomic mass is 10.1. The largest absolute Gasteiger partial charge is 0.489 e. The Morgan fingerprint density at radius 1 is 1.38 bits per heavy atom. The highest BCUT2D eigenvalue weighted by Crippen LogP contribution is 2.13. The van der Waals surface area contributed by atoms with E-state index < -0.39 is 10.0 Å². The van der Waals surface area contributed by atoms with E-state index in [1.54, 1.807) is 19.2 Å². The molecule has 1 fully saturated rings. The maximum Gasteiger partial charge on any atom is 0.213 e. The van der Waals surface area contributed by atoms with E-state index in [0.717, 1.165) is 19.3 Å². The molecule has 164 valence electrons. The molecule has 0 radical (unpaired) electrons. The highest BCUT2D eigenvalue weighted by atomic mass is 32.2. The molecule has 0 aliphatic carbocycles. The van der Waals surface area contributed by atoms with Crippen LogP contribution >= 0.6 is 0 Å². The number of ether oxygens (including phenoxy) is 2. The monoisotopic (exact) mass is 430 g/mol. The first-order chi connectivity index (χ1) is 13.9. The van der Waals surface area contributed by atoms with Gasteiger partial charge in [0.05, 0.1) is 18.4 Å². The number of hydrogen-bond donors (Lipinski definition) is 3. The Balaban J connectivity index is 1.65. The average molecular weight is 431 g/mol. The van der Waals surface area contributed by atoms with E-state index >= 15 is 0 Å². The molecule has 0 spiro atoms. The van der Waals surface area contributed by atoms with Gasteiger partial charge in [0.1, 0.15) is 17.7 Å². The highest BCUT2D eigenvalue weighted by molar-refractivity contribution is 7.89. The first kappa shape index (κ1) is 23.4. The topological polar surface area (TPSA) is 101 Å². The van der Waals surface area contributed by atoms with Crippen LogP contribution in [0.1, 0.15) is 26.2 Å². The summed E-state index contributed by atoms with van der Waals surface area (Å²) in [6, 6.07) is 5.94. The van der Waals surface area contributed by atoms with Gasteiger partial charge in [-0.15, -0.1) is 0 Å². The third kappa shape index (κ3) is 9.42. The van der Waals surface area contributed by atoms with E-state index in [2.05, 4.69) is 20.3 Å². The van der Waals surface area contributed by atoms with E-state index in [1.807, 2.05) is 6.92 Å². The number of rotatable bonds is 10. The van der Waals surface area contributed by atoms with Gasteiger partial charge in [-0.1, -0.05) is 6.07 Å². The number of nitrogens with zero attached hydrogens (tertiary/aromatic N) is 1. The summed E-state index contributed by atoms with van der Waals surface area (Å²) >= 11 is 0. The zero-order valence-electron chi connectivity index (χ0n) is 17.0. The van der Waals surface area contributed by atoms with Crippen molar-refractivity contribution in [1.29, 1.82) is 0 Å². The molecule has 2 unspecified atom stereocenters. The second-order valence-corrected chi connectivity index (χ2v) is 8.85. The molecule has 0 saturated carbocycles. The molecule has 2 atom stereocenters. The van der Waals surface area contributed by atoms with Crippen LogP contribution in [0.15, 0.2) is 29.3 Å². The number of nitrogens with one attached hydrogen (secondary N) is 3. The van der Waals surface area contributed by atoms with Crippen LogP contribution in [0, 0.1) is 5.82 Å². The quantitative estimate of drug-likeness (QED) is 0.382. The number of aliphatic imine (C=N–C) groups is 1. The fourth-order valence-electron chi connectivity index (χ4n) is 2.84. The molecular weight excluding hydrogens is 399 g/mol. The molecule has 0 aromatic heterocycles. The predicted octanol–water partition coefficient (Wildman–Crippen LogP) is 1.25. The van der Waals surface area contributed by atoms with Crippen molar-refractivity contribution in [3.63, 3.8) is 0 Å². The minimum absolute atomic E-state index is 0.0412. The maximum absolute atomic E-state index is 13.2. The van der Waals surface area contributed by atoms with Gasteiger partial charge in [0.15, 0.2) is 5.96 Å². The van der Waals surface area contributed by atoms with E-state index in [9.17, 15) is 12.8 Å². The second kappa shape index (κ2) is 11.9. The van der Waals surface area contributed by atoms with Crippen molar-refractivity contribution in [3.8, 4) is 5.75 Å². The van der Waals surface area contributed by atoms with Gasteiger partial charge in [0.25, 0.3) is 0 Å². The molecule has 29 heavy (non-hydrogen) atoms. The Morgan fingerprint density at radius 2 is 2.21 bits per heavy atom. The summed E-state index contributed by atoms with van der Waals surface area (Å²) in [4.78, 5) is 4.06. The van der Waals surface area contributed by atoms with Crippen molar-refractivity contribution in [2.24, 2.45) is 4.99 Å². The standard InChI is InChI=1S/C19H31FN4O4S/c1-15(28-17-8-5-6-16(20)12-17)13-23-19(21-2)22-9-11-29(25,26)24-14-18-7-3-4-10-27-18/h5-6,8,12,15,18,24H,3-4,7,9-11,13-14H2,1-2H3,(H2,21,22,23). The van der Waals surface area contributed by atoms with E-state index in [0.29, 0.717) is 31.4 Å². The molecule has 1 heterocycles. The van der Waals surface area contributed by atoms with Crippen LogP contribution in [-0.4, -0.2) is 65.6 Å². The van der Waals surface area contributed by atoms with Crippen LogP contribution in [0.3, 0.4) is 0 Å². The molecule has 1 aromatic rings. The summed E-state index contributed by atoms with van der Waals surface area (Å²) in [6.07, 6.45) is 2.70. The Hall–Kier alpha value is -1.91. The fraction of sp³-hybridized carbons (Fsp3) is 0.632. The molecule has 1 aliphatic heterocycles. The fourth-order valence-corrected chi connectivity index (χ4v) is 3.79. The molecular formula is C19H31FN4O4S.